The van der Waals surface area contributed by atoms with Gasteiger partial charge in [-0.15, -0.1) is 4.37 Å². The normalized spacial score (nSPS) is 9.74. The molecule has 0 saturated heterocycles. The first-order valence-corrected chi connectivity index (χ1v) is 6.00. The molecule has 0 unspecified atom stereocenters. The molecule has 19 heavy (non-hydrogen) atoms. The Kier molecular flexibility index (Phi) is 4.04. The second-order valence-electron chi connectivity index (χ2n) is 3.41. The molecule has 2 amide bonds. The summed E-state index contributed by atoms with van der Waals surface area (Å²) < 4.78 is 12.7. The SMILES string of the molecule is CNC(=O)Nc1ccc(Oc2nsncc2=O)cc1. The number of benzene rings is 1. The van der Waals surface area contributed by atoms with Crippen molar-refractivity contribution in [2.45, 2.75) is 0 Å². The molecule has 2 aromatic rings. The zero-order chi connectivity index (χ0) is 13.7. The Bertz CT molecular complexity index is 626. The van der Waals surface area contributed by atoms with E-state index in [1.54, 1.807) is 24.3 Å². The maximum Gasteiger partial charge on any atom is 0.318 e. The van der Waals surface area contributed by atoms with Crippen molar-refractivity contribution in [3.05, 3.63) is 40.7 Å². The summed E-state index contributed by atoms with van der Waals surface area (Å²) in [5.41, 5.74) is 0.228. The molecule has 2 N–H and O–H groups in total. The lowest BCUT2D eigenvalue weighted by atomic mass is 10.3. The second kappa shape index (κ2) is 5.91. The van der Waals surface area contributed by atoms with Crippen molar-refractivity contribution in [3.8, 4) is 11.6 Å². The van der Waals surface area contributed by atoms with Gasteiger partial charge in [0.15, 0.2) is 0 Å². The summed E-state index contributed by atoms with van der Waals surface area (Å²) >= 11 is 0.887. The maximum atomic E-state index is 11.4. The van der Waals surface area contributed by atoms with Gasteiger partial charge in [-0.1, -0.05) is 0 Å². The summed E-state index contributed by atoms with van der Waals surface area (Å²) in [5.74, 6) is 0.428. The van der Waals surface area contributed by atoms with Crippen molar-refractivity contribution in [2.75, 3.05) is 12.4 Å². The quantitative estimate of drug-likeness (QED) is 0.886. The highest BCUT2D eigenvalue weighted by Gasteiger charge is 2.04. The first kappa shape index (κ1) is 13.0. The summed E-state index contributed by atoms with van der Waals surface area (Å²) in [5, 5.41) is 5.04. The Morgan fingerprint density at radius 3 is 2.68 bits per heavy atom. The van der Waals surface area contributed by atoms with Gasteiger partial charge in [-0.05, 0) is 24.3 Å². The van der Waals surface area contributed by atoms with Gasteiger partial charge < -0.3 is 15.4 Å². The molecular formula is C11H10N4O3S. The maximum absolute atomic E-state index is 11.4. The molecule has 1 heterocycles. The average Bonchev–Trinajstić information content (AvgIpc) is 2.43. The Morgan fingerprint density at radius 1 is 1.32 bits per heavy atom. The van der Waals surface area contributed by atoms with Gasteiger partial charge >= 0.3 is 6.03 Å². The zero-order valence-electron chi connectivity index (χ0n) is 9.91. The Labute approximate surface area is 112 Å². The summed E-state index contributed by atoms with van der Waals surface area (Å²) in [7, 11) is 1.53. The van der Waals surface area contributed by atoms with Crippen LogP contribution in [0.5, 0.6) is 11.6 Å². The molecule has 0 spiro atoms. The number of hydrogen-bond donors (Lipinski definition) is 2. The van der Waals surface area contributed by atoms with Gasteiger partial charge in [0.1, 0.15) is 5.75 Å². The largest absolute Gasteiger partial charge is 0.435 e. The predicted molar refractivity (Wildman–Crippen MR) is 70.8 cm³/mol. The first-order valence-electron chi connectivity index (χ1n) is 5.27. The lowest BCUT2D eigenvalue weighted by Gasteiger charge is -2.06. The van der Waals surface area contributed by atoms with E-state index in [4.69, 9.17) is 4.74 Å². The van der Waals surface area contributed by atoms with Crippen molar-refractivity contribution in [1.82, 2.24) is 14.1 Å². The summed E-state index contributed by atoms with van der Waals surface area (Å²) in [6.45, 7) is 0. The highest BCUT2D eigenvalue weighted by molar-refractivity contribution is 6.98. The highest BCUT2D eigenvalue weighted by Crippen LogP contribution is 2.19. The van der Waals surface area contributed by atoms with Gasteiger partial charge in [0.05, 0.1) is 17.9 Å². The summed E-state index contributed by atoms with van der Waals surface area (Å²) in [4.78, 5) is 22.5. The number of rotatable bonds is 3. The van der Waals surface area contributed by atoms with Crippen LogP contribution in [0.2, 0.25) is 0 Å². The van der Waals surface area contributed by atoms with Crippen LogP contribution in [0.3, 0.4) is 0 Å². The molecule has 0 aliphatic rings. The minimum atomic E-state index is -0.383. The number of hydrogen-bond acceptors (Lipinski definition) is 6. The fourth-order valence-electron chi connectivity index (χ4n) is 1.21. The van der Waals surface area contributed by atoms with Crippen LogP contribution in [0.25, 0.3) is 0 Å². The topological polar surface area (TPSA) is 93.2 Å². The van der Waals surface area contributed by atoms with Crippen LogP contribution in [0, 0.1) is 0 Å². The minimum absolute atomic E-state index is 0.0213. The number of nitrogens with zero attached hydrogens (tertiary/aromatic N) is 2. The molecule has 7 nitrogen and oxygen atoms in total. The smallest absolute Gasteiger partial charge is 0.318 e. The van der Waals surface area contributed by atoms with Crippen LogP contribution in [-0.4, -0.2) is 21.8 Å². The number of carbonyl (C=O) groups excluding carboxylic acids is 1. The van der Waals surface area contributed by atoms with Gasteiger partial charge in [-0.2, -0.15) is 4.37 Å². The molecule has 1 aromatic heterocycles. The molecule has 0 aliphatic carbocycles. The number of anilines is 1. The van der Waals surface area contributed by atoms with Crippen LogP contribution >= 0.6 is 11.7 Å². The van der Waals surface area contributed by atoms with E-state index in [9.17, 15) is 9.59 Å². The zero-order valence-corrected chi connectivity index (χ0v) is 10.7. The average molecular weight is 278 g/mol. The van der Waals surface area contributed by atoms with Crippen molar-refractivity contribution >= 4 is 23.4 Å². The van der Waals surface area contributed by atoms with Crippen molar-refractivity contribution in [2.24, 2.45) is 0 Å². The Balaban J connectivity index is 2.09. The Hall–Kier alpha value is -2.48. The number of nitrogens with one attached hydrogen (secondary N) is 2. The Morgan fingerprint density at radius 2 is 2.05 bits per heavy atom. The molecule has 0 saturated carbocycles. The number of carbonyl (C=O) groups is 1. The van der Waals surface area contributed by atoms with Gasteiger partial charge in [0.2, 0.25) is 0 Å². The van der Waals surface area contributed by atoms with Crippen LogP contribution < -0.4 is 20.8 Å². The minimum Gasteiger partial charge on any atom is -0.435 e. The first-order chi connectivity index (χ1) is 9.19. The van der Waals surface area contributed by atoms with E-state index >= 15 is 0 Å². The summed E-state index contributed by atoms with van der Waals surface area (Å²) in [6, 6.07) is 6.24. The lowest BCUT2D eigenvalue weighted by molar-refractivity contribution is 0.254. The third-order valence-electron chi connectivity index (χ3n) is 2.11. The standard InChI is InChI=1S/C11H10N4O3S/c1-12-11(17)14-7-2-4-8(5-3-7)18-10-9(16)6-13-19-15-10/h2-6H,1H3,(H2,12,14,17). The molecule has 0 bridgehead atoms. The van der Waals surface area contributed by atoms with E-state index in [1.807, 2.05) is 0 Å². The lowest BCUT2D eigenvalue weighted by Crippen LogP contribution is -2.24. The van der Waals surface area contributed by atoms with E-state index in [0.29, 0.717) is 11.4 Å². The van der Waals surface area contributed by atoms with Gasteiger partial charge in [0.25, 0.3) is 11.3 Å². The van der Waals surface area contributed by atoms with Gasteiger partial charge in [-0.3, -0.25) is 4.79 Å². The molecule has 0 atom stereocenters. The van der Waals surface area contributed by atoms with Gasteiger partial charge in [-0.25, -0.2) is 4.79 Å². The van der Waals surface area contributed by atoms with Crippen LogP contribution in [0.15, 0.2) is 35.3 Å². The van der Waals surface area contributed by atoms with Crippen molar-refractivity contribution in [3.63, 3.8) is 0 Å². The van der Waals surface area contributed by atoms with Crippen LogP contribution in [0.1, 0.15) is 0 Å². The number of amides is 2. The number of ether oxygens (including phenoxy) is 1. The summed E-state index contributed by atoms with van der Waals surface area (Å²) in [6.07, 6.45) is 1.15. The number of urea groups is 1. The third kappa shape index (κ3) is 3.49. The van der Waals surface area contributed by atoms with Gasteiger partial charge in [0, 0.05) is 12.7 Å². The van der Waals surface area contributed by atoms with E-state index in [2.05, 4.69) is 19.4 Å². The molecule has 0 radical (unpaired) electrons. The molecule has 0 fully saturated rings. The molecule has 2 rings (SSSR count). The second-order valence-corrected chi connectivity index (χ2v) is 3.96. The van der Waals surface area contributed by atoms with E-state index in [1.165, 1.54) is 7.05 Å². The number of aromatic nitrogens is 2. The predicted octanol–water partition coefficient (Wildman–Crippen LogP) is 1.44. The van der Waals surface area contributed by atoms with E-state index < -0.39 is 0 Å². The van der Waals surface area contributed by atoms with E-state index in [-0.39, 0.29) is 17.3 Å². The fourth-order valence-corrected chi connectivity index (χ4v) is 1.60. The van der Waals surface area contributed by atoms with Crippen molar-refractivity contribution < 1.29 is 9.53 Å². The molecule has 8 heteroatoms. The van der Waals surface area contributed by atoms with Crippen LogP contribution in [-0.2, 0) is 0 Å². The fraction of sp³-hybridized carbons (Fsp3) is 0.0909. The molecular weight excluding hydrogens is 268 g/mol. The molecule has 0 aliphatic heterocycles. The highest BCUT2D eigenvalue weighted by atomic mass is 32.1. The van der Waals surface area contributed by atoms with E-state index in [0.717, 1.165) is 17.9 Å². The van der Waals surface area contributed by atoms with Crippen molar-refractivity contribution in [1.29, 1.82) is 0 Å². The molecule has 1 aromatic carbocycles. The van der Waals surface area contributed by atoms with Crippen LogP contribution in [0.4, 0.5) is 10.5 Å². The monoisotopic (exact) mass is 278 g/mol. The molecule has 98 valence electrons. The third-order valence-corrected chi connectivity index (χ3v) is 2.55.